The zero-order chi connectivity index (χ0) is 35.2. The van der Waals surface area contributed by atoms with E-state index in [0.717, 1.165) is 58.1 Å². The molecule has 0 aromatic heterocycles. The monoisotopic (exact) mass is 712 g/mol. The summed E-state index contributed by atoms with van der Waals surface area (Å²) >= 11 is 0. The molecule has 2 N–H and O–H groups in total. The maximum absolute atomic E-state index is 13.4. The fourth-order valence-corrected chi connectivity index (χ4v) is 7.80. The first-order valence-corrected chi connectivity index (χ1v) is 20.3. The smallest absolute Gasteiger partial charge is 0.252 e. The van der Waals surface area contributed by atoms with Crippen LogP contribution in [0.3, 0.4) is 0 Å². The van der Waals surface area contributed by atoms with E-state index in [0.29, 0.717) is 37.4 Å². The highest BCUT2D eigenvalue weighted by Crippen LogP contribution is 2.40. The van der Waals surface area contributed by atoms with Gasteiger partial charge in [0.2, 0.25) is 0 Å². The van der Waals surface area contributed by atoms with Gasteiger partial charge in [-0.2, -0.15) is 0 Å². The number of hydrogen-bond acceptors (Lipinski definition) is 6. The van der Waals surface area contributed by atoms with Crippen LogP contribution in [-0.4, -0.2) is 25.0 Å². The van der Waals surface area contributed by atoms with Gasteiger partial charge in [-0.25, -0.2) is 0 Å². The van der Waals surface area contributed by atoms with E-state index < -0.39 is 0 Å². The minimum Gasteiger partial charge on any atom is -0.493 e. The molecule has 266 valence electrons. The molecular formula is C42H52N2O4S2. The van der Waals surface area contributed by atoms with Crippen LogP contribution in [0.5, 0.6) is 11.5 Å². The van der Waals surface area contributed by atoms with Crippen molar-refractivity contribution in [3.8, 4) is 11.5 Å². The van der Waals surface area contributed by atoms with Gasteiger partial charge in [0.15, 0.2) is 0 Å². The normalized spacial score (nSPS) is 10.8. The van der Waals surface area contributed by atoms with E-state index in [4.69, 9.17) is 9.47 Å². The Morgan fingerprint density at radius 3 is 1.32 bits per heavy atom. The first-order valence-electron chi connectivity index (χ1n) is 18.1. The van der Waals surface area contributed by atoms with Gasteiger partial charge in [-0.1, -0.05) is 147 Å². The first kappa shape index (κ1) is 38.9. The molecule has 0 aliphatic carbocycles. The van der Waals surface area contributed by atoms with Crippen LogP contribution in [0.25, 0.3) is 0 Å². The Kier molecular flexibility index (Phi) is 17.7. The number of para-hydroxylation sites is 2. The Bertz CT molecular complexity index is 1490. The lowest BCUT2D eigenvalue weighted by Crippen LogP contribution is -2.24. The molecule has 4 rings (SSSR count). The van der Waals surface area contributed by atoms with Crippen LogP contribution in [0.1, 0.15) is 110 Å². The van der Waals surface area contributed by atoms with Crippen molar-refractivity contribution >= 4 is 33.4 Å². The van der Waals surface area contributed by atoms with E-state index in [1.165, 1.54) is 60.1 Å². The summed E-state index contributed by atoms with van der Waals surface area (Å²) in [7, 11) is 2.94. The van der Waals surface area contributed by atoms with Gasteiger partial charge in [-0.05, 0) is 49.2 Å². The Morgan fingerprint density at radius 2 is 0.880 bits per heavy atom. The van der Waals surface area contributed by atoms with Gasteiger partial charge in [0, 0.05) is 34.0 Å². The highest BCUT2D eigenvalue weighted by molar-refractivity contribution is 8.76. The lowest BCUT2D eigenvalue weighted by atomic mass is 10.1. The molecule has 0 bridgehead atoms. The van der Waals surface area contributed by atoms with Crippen molar-refractivity contribution in [2.45, 2.75) is 101 Å². The van der Waals surface area contributed by atoms with E-state index in [-0.39, 0.29) is 11.8 Å². The third kappa shape index (κ3) is 13.1. The molecule has 0 atom stereocenters. The molecule has 0 aliphatic rings. The average molecular weight is 713 g/mol. The lowest BCUT2D eigenvalue weighted by Gasteiger charge is -2.14. The van der Waals surface area contributed by atoms with Crippen molar-refractivity contribution in [2.75, 3.05) is 13.2 Å². The van der Waals surface area contributed by atoms with Crippen LogP contribution in [0.2, 0.25) is 0 Å². The maximum Gasteiger partial charge on any atom is 0.252 e. The van der Waals surface area contributed by atoms with Gasteiger partial charge in [0.05, 0.1) is 24.3 Å². The van der Waals surface area contributed by atoms with Gasteiger partial charge in [0.25, 0.3) is 11.8 Å². The van der Waals surface area contributed by atoms with E-state index in [2.05, 4.69) is 24.5 Å². The summed E-state index contributed by atoms with van der Waals surface area (Å²) in [6, 6.07) is 30.9. The van der Waals surface area contributed by atoms with Crippen LogP contribution in [-0.2, 0) is 13.1 Å². The van der Waals surface area contributed by atoms with Gasteiger partial charge < -0.3 is 20.1 Å². The Labute approximate surface area is 306 Å². The molecule has 0 aliphatic heterocycles. The largest absolute Gasteiger partial charge is 0.493 e. The molecule has 4 aromatic rings. The molecular weight excluding hydrogens is 661 g/mol. The Hall–Kier alpha value is -3.88. The van der Waals surface area contributed by atoms with Gasteiger partial charge in [0.1, 0.15) is 11.5 Å². The molecule has 0 saturated heterocycles. The van der Waals surface area contributed by atoms with E-state index >= 15 is 0 Å². The Morgan fingerprint density at radius 1 is 0.500 bits per heavy atom. The SMILES string of the molecule is CCCCCCCOc1ccccc1CNC(=O)c1ccccc1SSc1ccccc1C(=O)NCc1ccccc1OCCCCCCC. The highest BCUT2D eigenvalue weighted by atomic mass is 33.1. The lowest BCUT2D eigenvalue weighted by molar-refractivity contribution is 0.0939. The Balaban J connectivity index is 1.31. The second-order valence-corrected chi connectivity index (χ2v) is 14.5. The number of amides is 2. The van der Waals surface area contributed by atoms with Crippen LogP contribution in [0, 0.1) is 0 Å². The first-order chi connectivity index (χ1) is 24.6. The van der Waals surface area contributed by atoms with Crippen LogP contribution in [0.15, 0.2) is 107 Å². The fraction of sp³-hybridized carbons (Fsp3) is 0.381. The number of benzene rings is 4. The summed E-state index contributed by atoms with van der Waals surface area (Å²) in [5.41, 5.74) is 3.07. The van der Waals surface area contributed by atoms with Crippen LogP contribution in [0.4, 0.5) is 0 Å². The topological polar surface area (TPSA) is 76.7 Å². The molecule has 6 nitrogen and oxygen atoms in total. The number of rotatable bonds is 23. The summed E-state index contributed by atoms with van der Waals surface area (Å²) in [5.74, 6) is 1.31. The number of carbonyl (C=O) groups excluding carboxylic acids is 2. The third-order valence-corrected chi connectivity index (χ3v) is 10.8. The zero-order valence-corrected chi connectivity index (χ0v) is 31.2. The number of hydrogen-bond donors (Lipinski definition) is 2. The van der Waals surface area contributed by atoms with Crippen molar-refractivity contribution < 1.29 is 19.1 Å². The second kappa shape index (κ2) is 22.8. The minimum atomic E-state index is -0.157. The van der Waals surface area contributed by atoms with Gasteiger partial charge in [-0.15, -0.1) is 0 Å². The van der Waals surface area contributed by atoms with Crippen molar-refractivity contribution in [3.05, 3.63) is 119 Å². The van der Waals surface area contributed by atoms with Crippen molar-refractivity contribution in [2.24, 2.45) is 0 Å². The predicted molar refractivity (Wildman–Crippen MR) is 208 cm³/mol. The number of unbranched alkanes of at least 4 members (excludes halogenated alkanes) is 8. The number of ether oxygens (including phenoxy) is 2. The molecule has 4 aromatic carbocycles. The fourth-order valence-electron chi connectivity index (χ4n) is 5.44. The minimum absolute atomic E-state index is 0.157. The van der Waals surface area contributed by atoms with Crippen LogP contribution >= 0.6 is 21.6 Å². The molecule has 0 fully saturated rings. The quantitative estimate of drug-likeness (QED) is 0.0589. The molecule has 0 saturated carbocycles. The zero-order valence-electron chi connectivity index (χ0n) is 29.6. The van der Waals surface area contributed by atoms with Crippen molar-refractivity contribution in [1.82, 2.24) is 10.6 Å². The molecule has 0 radical (unpaired) electrons. The number of nitrogens with one attached hydrogen (secondary N) is 2. The molecule has 50 heavy (non-hydrogen) atoms. The second-order valence-electron chi connectivity index (χ2n) is 12.3. The maximum atomic E-state index is 13.4. The predicted octanol–water partition coefficient (Wildman–Crippen LogP) is 11.0. The number of carbonyl (C=O) groups is 2. The standard InChI is InChI=1S/C42H52N2O4S2/c1-3-5-7-9-19-29-47-37-25-15-11-21-33(37)31-43-41(45)35-23-13-17-27-39(35)49-50-40-28-18-14-24-36(40)42(46)44-32-34-22-12-16-26-38(34)48-30-20-10-8-6-4-2/h11-18,21-28H,3-10,19-20,29-32H2,1-2H3,(H,43,45)(H,44,46). The molecule has 0 spiro atoms. The summed E-state index contributed by atoms with van der Waals surface area (Å²) in [5, 5.41) is 6.17. The van der Waals surface area contributed by atoms with Crippen LogP contribution < -0.4 is 20.1 Å². The van der Waals surface area contributed by atoms with Crippen molar-refractivity contribution in [1.29, 1.82) is 0 Å². The summed E-state index contributed by atoms with van der Waals surface area (Å²) < 4.78 is 12.2. The third-order valence-electron chi connectivity index (χ3n) is 8.32. The summed E-state index contributed by atoms with van der Waals surface area (Å²) in [4.78, 5) is 28.5. The van der Waals surface area contributed by atoms with E-state index in [1.54, 1.807) is 0 Å². The van der Waals surface area contributed by atoms with E-state index in [9.17, 15) is 9.59 Å². The highest BCUT2D eigenvalue weighted by Gasteiger charge is 2.16. The van der Waals surface area contributed by atoms with Gasteiger partial charge >= 0.3 is 0 Å². The van der Waals surface area contributed by atoms with Crippen molar-refractivity contribution in [3.63, 3.8) is 0 Å². The molecule has 0 heterocycles. The van der Waals surface area contributed by atoms with E-state index in [1.807, 2.05) is 97.1 Å². The molecule has 0 unspecified atom stereocenters. The average Bonchev–Trinajstić information content (AvgIpc) is 3.15. The summed E-state index contributed by atoms with van der Waals surface area (Å²) in [6.07, 6.45) is 11.8. The van der Waals surface area contributed by atoms with Gasteiger partial charge in [-0.3, -0.25) is 9.59 Å². The summed E-state index contributed by atoms with van der Waals surface area (Å²) in [6.45, 7) is 6.51. The molecule has 8 heteroatoms. The molecule has 2 amide bonds.